The van der Waals surface area contributed by atoms with Crippen molar-refractivity contribution in [3.05, 3.63) is 66.0 Å². The molecule has 4 rings (SSSR count). The summed E-state index contributed by atoms with van der Waals surface area (Å²) in [6.45, 7) is 2.66. The molecule has 0 saturated carbocycles. The third-order valence-electron chi connectivity index (χ3n) is 4.64. The molecule has 8 heteroatoms. The molecule has 0 radical (unpaired) electrons. The summed E-state index contributed by atoms with van der Waals surface area (Å²) >= 11 is 2.33. The van der Waals surface area contributed by atoms with Crippen LogP contribution in [0.2, 0.25) is 0 Å². The summed E-state index contributed by atoms with van der Waals surface area (Å²) in [5.74, 6) is 0.909. The third kappa shape index (κ3) is 3.89. The Morgan fingerprint density at radius 1 is 1.15 bits per heavy atom. The van der Waals surface area contributed by atoms with Crippen LogP contribution in [0.5, 0.6) is 5.75 Å². The summed E-state index contributed by atoms with van der Waals surface area (Å²) in [4.78, 5) is 4.32. The van der Waals surface area contributed by atoms with Crippen molar-refractivity contribution < 1.29 is 9.50 Å². The van der Waals surface area contributed by atoms with Gasteiger partial charge in [-0.05, 0) is 46.2 Å². The number of halogens is 2. The number of anilines is 3. The van der Waals surface area contributed by atoms with Crippen LogP contribution in [0.25, 0.3) is 0 Å². The van der Waals surface area contributed by atoms with Crippen LogP contribution in [0, 0.1) is 5.82 Å². The molecule has 1 fully saturated rings. The van der Waals surface area contributed by atoms with Gasteiger partial charge in [0.05, 0.1) is 6.37 Å². The van der Waals surface area contributed by atoms with E-state index in [0.29, 0.717) is 18.6 Å². The Labute approximate surface area is 172 Å². The fourth-order valence-corrected chi connectivity index (χ4v) is 4.56. The Kier molecular flexibility index (Phi) is 5.50. The van der Waals surface area contributed by atoms with E-state index in [9.17, 15) is 9.50 Å². The van der Waals surface area contributed by atoms with Gasteiger partial charge in [0.2, 0.25) is 0 Å². The van der Waals surface area contributed by atoms with Crippen LogP contribution < -0.4 is 9.80 Å². The van der Waals surface area contributed by atoms with E-state index in [0.717, 1.165) is 30.3 Å². The van der Waals surface area contributed by atoms with Gasteiger partial charge in [-0.25, -0.2) is 8.84 Å². The van der Waals surface area contributed by atoms with E-state index in [4.69, 9.17) is 5.10 Å². The van der Waals surface area contributed by atoms with Gasteiger partial charge in [-0.1, -0.05) is 30.3 Å². The third-order valence-corrected chi connectivity index (χ3v) is 6.50. The maximum absolute atomic E-state index is 13.6. The zero-order valence-electron chi connectivity index (χ0n) is 14.5. The molecule has 0 aliphatic carbocycles. The minimum Gasteiger partial charge on any atom is -0.505 e. The molecule has 1 aliphatic heterocycles. The monoisotopic (exact) mass is 496 g/mol. The highest BCUT2D eigenvalue weighted by Crippen LogP contribution is 2.38. The maximum Gasteiger partial charge on any atom is 0.164 e. The summed E-state index contributed by atoms with van der Waals surface area (Å²) in [6.07, 6.45) is 1.69. The molecule has 1 unspecified atom stereocenters. The van der Waals surface area contributed by atoms with Gasteiger partial charge < -0.3 is 14.9 Å². The average Bonchev–Trinajstić information content (AvgIpc) is 3.05. The van der Waals surface area contributed by atoms with Crippen LogP contribution in [0.4, 0.5) is 21.7 Å². The molecule has 1 saturated heterocycles. The van der Waals surface area contributed by atoms with Crippen molar-refractivity contribution in [2.75, 3.05) is 22.9 Å². The summed E-state index contributed by atoms with van der Waals surface area (Å²) in [5, 5.41) is 14.7. The Morgan fingerprint density at radius 3 is 2.56 bits per heavy atom. The van der Waals surface area contributed by atoms with Crippen molar-refractivity contribution in [2.24, 2.45) is 0 Å². The minimum atomic E-state index is -0.626. The molecule has 1 aromatic heterocycles. The van der Waals surface area contributed by atoms with Crippen LogP contribution in [0.1, 0.15) is 12.0 Å². The number of hydrogen-bond acceptors (Lipinski definition) is 4. The van der Waals surface area contributed by atoms with E-state index >= 15 is 0 Å². The first kappa shape index (κ1) is 18.5. The summed E-state index contributed by atoms with van der Waals surface area (Å²) in [6, 6.07) is 16.5. The average molecular weight is 496 g/mol. The quantitative estimate of drug-likeness (QED) is 0.383. The zero-order valence-corrected chi connectivity index (χ0v) is 17.7. The lowest BCUT2D eigenvalue weighted by atomic mass is 10.2. The van der Waals surface area contributed by atoms with E-state index in [1.807, 2.05) is 39.7 Å². The van der Waals surface area contributed by atoms with Crippen molar-refractivity contribution in [1.82, 2.24) is 9.55 Å². The van der Waals surface area contributed by atoms with Gasteiger partial charge in [0, 0.05) is 37.5 Å². The Hall–Kier alpha value is -1.86. The molecule has 3 aromatic rings. The number of nitrogens with zero attached hydrogens (tertiary/aromatic N) is 4. The largest absolute Gasteiger partial charge is 0.505 e. The van der Waals surface area contributed by atoms with E-state index in [-0.39, 0.29) is 5.75 Å². The second-order valence-electron chi connectivity index (χ2n) is 6.41. The van der Waals surface area contributed by atoms with Crippen molar-refractivity contribution in [3.8, 4) is 5.75 Å². The van der Waals surface area contributed by atoms with Crippen molar-refractivity contribution in [1.29, 1.82) is 0 Å². The summed E-state index contributed by atoms with van der Waals surface area (Å²) in [7, 11) is 0. The van der Waals surface area contributed by atoms with Gasteiger partial charge in [0.1, 0.15) is 5.82 Å². The van der Waals surface area contributed by atoms with Gasteiger partial charge in [-0.15, -0.1) is 5.10 Å². The molecule has 5 nitrogen and oxygen atoms in total. The second kappa shape index (κ2) is 8.02. The predicted octanol–water partition coefficient (Wildman–Crippen LogP) is 5.07. The molecule has 0 spiro atoms. The van der Waals surface area contributed by atoms with Gasteiger partial charge in [0.25, 0.3) is 0 Å². The second-order valence-corrected chi connectivity index (χ2v) is 8.45. The number of hydrogen-bond donors (Lipinski definition) is 1. The molecule has 1 N–H and O–H groups in total. The maximum atomic E-state index is 13.6. The molecule has 1 atom stereocenters. The molecular weight excluding hydrogens is 477 g/mol. The lowest BCUT2D eigenvalue weighted by Gasteiger charge is -2.32. The lowest BCUT2D eigenvalue weighted by molar-refractivity contribution is 0.432. The Balaban J connectivity index is 1.75. The van der Waals surface area contributed by atoms with Crippen LogP contribution in [-0.4, -0.2) is 27.7 Å². The number of aromatic hydroxyl groups is 1. The van der Waals surface area contributed by atoms with Gasteiger partial charge in [0.15, 0.2) is 17.4 Å². The number of aromatic nitrogens is 2. The first-order chi connectivity index (χ1) is 13.2. The standard InChI is InChI=1S/C19H19FIN4OP/c20-16-8-7-15(11-17(16)26)24(13-14-5-2-1-3-6-14)18-12-19(23-9-4-10-23)25(22-18)27-21/h1-3,5-8,11-12,26-27H,4,9-10,13H2. The van der Waals surface area contributed by atoms with Gasteiger partial charge in [-0.3, -0.25) is 0 Å². The lowest BCUT2D eigenvalue weighted by Crippen LogP contribution is -2.37. The Morgan fingerprint density at radius 2 is 1.93 bits per heavy atom. The number of benzene rings is 2. The molecule has 140 valence electrons. The molecule has 2 heterocycles. The fraction of sp³-hybridized carbons (Fsp3) is 0.211. The van der Waals surface area contributed by atoms with E-state index in [1.54, 1.807) is 6.07 Å². The fourth-order valence-electron chi connectivity index (χ4n) is 3.06. The zero-order chi connectivity index (χ0) is 18.8. The van der Waals surface area contributed by atoms with Crippen molar-refractivity contribution in [3.63, 3.8) is 0 Å². The number of rotatable bonds is 6. The summed E-state index contributed by atoms with van der Waals surface area (Å²) in [5.41, 5.74) is 1.81. The molecule has 1 aliphatic rings. The number of phenolic OH excluding ortho intramolecular Hbond substituents is 1. The SMILES string of the molecule is Oc1cc(N(Cc2ccccc2)c2cc(N3CCC3)n(PI)n2)ccc1F. The highest BCUT2D eigenvalue weighted by Gasteiger charge is 2.23. The first-order valence-electron chi connectivity index (χ1n) is 8.67. The van der Waals surface area contributed by atoms with Gasteiger partial charge in [-0.2, -0.15) is 0 Å². The van der Waals surface area contributed by atoms with Crippen LogP contribution in [0.15, 0.2) is 54.6 Å². The molecular formula is C19H19FIN4OP. The predicted molar refractivity (Wildman–Crippen MR) is 117 cm³/mol. The van der Waals surface area contributed by atoms with Crippen LogP contribution in [-0.2, 0) is 6.54 Å². The molecule has 0 bridgehead atoms. The topological polar surface area (TPSA) is 44.5 Å². The highest BCUT2D eigenvalue weighted by atomic mass is 127. The smallest absolute Gasteiger partial charge is 0.164 e. The van der Waals surface area contributed by atoms with Crippen LogP contribution in [0.3, 0.4) is 0 Å². The van der Waals surface area contributed by atoms with E-state index in [1.165, 1.54) is 18.6 Å². The minimum absolute atomic E-state index is 0.358. The number of phenols is 1. The summed E-state index contributed by atoms with van der Waals surface area (Å²) < 4.78 is 15.6. The first-order valence-corrected chi connectivity index (χ1v) is 12.7. The van der Waals surface area contributed by atoms with E-state index in [2.05, 4.69) is 33.0 Å². The van der Waals surface area contributed by atoms with Crippen molar-refractivity contribution >= 4 is 45.7 Å². The normalized spacial score (nSPS) is 13.9. The molecule has 2 aromatic carbocycles. The molecule has 0 amide bonds. The Bertz CT molecular complexity index is 933. The van der Waals surface area contributed by atoms with E-state index < -0.39 is 5.82 Å². The highest BCUT2D eigenvalue weighted by molar-refractivity contribution is 14.2. The van der Waals surface area contributed by atoms with Gasteiger partial charge >= 0.3 is 0 Å². The van der Waals surface area contributed by atoms with Crippen LogP contribution >= 0.6 is 28.4 Å². The molecule has 27 heavy (non-hydrogen) atoms. The van der Waals surface area contributed by atoms with Crippen molar-refractivity contribution in [2.45, 2.75) is 13.0 Å².